The Labute approximate surface area is 180 Å². The van der Waals surface area contributed by atoms with Gasteiger partial charge in [0.2, 0.25) is 0 Å². The number of ether oxygens (including phenoxy) is 1. The van der Waals surface area contributed by atoms with Crippen LogP contribution in [0.25, 0.3) is 11.1 Å². The van der Waals surface area contributed by atoms with Gasteiger partial charge >= 0.3 is 0 Å². The van der Waals surface area contributed by atoms with Crippen molar-refractivity contribution in [3.8, 4) is 16.9 Å². The fourth-order valence-corrected chi connectivity index (χ4v) is 3.30. The molecule has 8 heteroatoms. The molecule has 0 saturated heterocycles. The third kappa shape index (κ3) is 4.99. The average Bonchev–Trinajstić information content (AvgIpc) is 3.04. The lowest BCUT2D eigenvalue weighted by molar-refractivity contribution is -0.123. The van der Waals surface area contributed by atoms with Crippen LogP contribution >= 0.6 is 11.6 Å². The van der Waals surface area contributed by atoms with Gasteiger partial charge in [0.05, 0.1) is 17.8 Å². The van der Waals surface area contributed by atoms with Crippen LogP contribution in [0.2, 0.25) is 0 Å². The summed E-state index contributed by atoms with van der Waals surface area (Å²) in [5.74, 6) is 0.0550. The molecule has 0 unspecified atom stereocenters. The predicted molar refractivity (Wildman–Crippen MR) is 115 cm³/mol. The number of hydrogen-bond donors (Lipinski definition) is 2. The molecule has 0 aliphatic carbocycles. The molecule has 3 aromatic rings. The Morgan fingerprint density at radius 2 is 1.73 bits per heavy atom. The van der Waals surface area contributed by atoms with Gasteiger partial charge in [-0.2, -0.15) is 5.10 Å². The second-order valence-corrected chi connectivity index (χ2v) is 6.99. The summed E-state index contributed by atoms with van der Waals surface area (Å²) in [5, 5.41) is 4.30. The zero-order valence-corrected chi connectivity index (χ0v) is 17.6. The molecule has 0 radical (unpaired) electrons. The summed E-state index contributed by atoms with van der Waals surface area (Å²) in [5.41, 5.74) is 8.33. The van der Waals surface area contributed by atoms with E-state index >= 15 is 0 Å². The number of carbonyl (C=O) groups is 2. The van der Waals surface area contributed by atoms with Gasteiger partial charge in [0, 0.05) is 17.1 Å². The molecule has 3 rings (SSSR count). The monoisotopic (exact) mass is 426 g/mol. The van der Waals surface area contributed by atoms with Gasteiger partial charge in [0.1, 0.15) is 5.75 Å². The molecule has 156 valence electrons. The summed E-state index contributed by atoms with van der Waals surface area (Å²) in [4.78, 5) is 24.7. The summed E-state index contributed by atoms with van der Waals surface area (Å²) in [6, 6.07) is 17.2. The van der Waals surface area contributed by atoms with Crippen molar-refractivity contribution < 1.29 is 14.3 Å². The quantitative estimate of drug-likeness (QED) is 0.448. The van der Waals surface area contributed by atoms with Gasteiger partial charge in [-0.3, -0.25) is 25.1 Å². The van der Waals surface area contributed by atoms with Crippen LogP contribution in [0.1, 0.15) is 21.7 Å². The summed E-state index contributed by atoms with van der Waals surface area (Å²) in [7, 11) is 0. The van der Waals surface area contributed by atoms with Crippen molar-refractivity contribution >= 4 is 23.4 Å². The Bertz CT molecular complexity index is 1030. The third-order valence-electron chi connectivity index (χ3n) is 4.55. The van der Waals surface area contributed by atoms with Gasteiger partial charge in [-0.25, -0.2) is 0 Å². The molecule has 1 heterocycles. The van der Waals surface area contributed by atoms with Crippen LogP contribution in [-0.4, -0.2) is 34.1 Å². The van der Waals surface area contributed by atoms with Gasteiger partial charge in [0.25, 0.3) is 11.8 Å². The number of halogens is 1. The van der Waals surface area contributed by atoms with E-state index in [4.69, 9.17) is 16.3 Å². The number of nitrogens with one attached hydrogen (secondary N) is 2. The normalized spacial score (nSPS) is 10.5. The molecule has 0 aliphatic heterocycles. The SMILES string of the molecule is Cc1nn(CCCl)c(C)c1C(=O)NNC(=O)COc1ccccc1-c1ccccc1. The molecule has 0 spiro atoms. The first-order valence-corrected chi connectivity index (χ1v) is 10.0. The molecule has 2 amide bonds. The highest BCUT2D eigenvalue weighted by atomic mass is 35.5. The van der Waals surface area contributed by atoms with E-state index < -0.39 is 11.8 Å². The molecule has 0 aliphatic rings. The number of hydrazine groups is 1. The number of rotatable bonds is 7. The largest absolute Gasteiger partial charge is 0.483 e. The van der Waals surface area contributed by atoms with E-state index in [2.05, 4.69) is 16.0 Å². The van der Waals surface area contributed by atoms with Crippen LogP contribution in [0.3, 0.4) is 0 Å². The minimum absolute atomic E-state index is 0.242. The van der Waals surface area contributed by atoms with E-state index in [1.54, 1.807) is 24.6 Å². The Hall–Kier alpha value is -3.32. The van der Waals surface area contributed by atoms with Crippen molar-refractivity contribution in [2.24, 2.45) is 0 Å². The molecule has 7 nitrogen and oxygen atoms in total. The molecular weight excluding hydrogens is 404 g/mol. The summed E-state index contributed by atoms with van der Waals surface area (Å²) >= 11 is 5.76. The summed E-state index contributed by atoms with van der Waals surface area (Å²) in [6.07, 6.45) is 0. The van der Waals surface area contributed by atoms with E-state index in [1.165, 1.54) is 0 Å². The number of amides is 2. The summed E-state index contributed by atoms with van der Waals surface area (Å²) < 4.78 is 7.35. The maximum absolute atomic E-state index is 12.5. The third-order valence-corrected chi connectivity index (χ3v) is 4.72. The highest BCUT2D eigenvalue weighted by Gasteiger charge is 2.19. The molecule has 0 fully saturated rings. The molecule has 1 aromatic heterocycles. The zero-order valence-electron chi connectivity index (χ0n) is 16.8. The number of carbonyl (C=O) groups excluding carboxylic acids is 2. The lowest BCUT2D eigenvalue weighted by Crippen LogP contribution is -2.44. The van der Waals surface area contributed by atoms with Crippen LogP contribution in [0, 0.1) is 13.8 Å². The first kappa shape index (κ1) is 21.4. The second-order valence-electron chi connectivity index (χ2n) is 6.61. The number of aromatic nitrogens is 2. The minimum atomic E-state index is -0.477. The van der Waals surface area contributed by atoms with Crippen LogP contribution < -0.4 is 15.6 Å². The van der Waals surface area contributed by atoms with Gasteiger partial charge in [0.15, 0.2) is 6.61 Å². The average molecular weight is 427 g/mol. The fourth-order valence-electron chi connectivity index (χ4n) is 3.14. The van der Waals surface area contributed by atoms with E-state index in [0.29, 0.717) is 35.1 Å². The molecule has 30 heavy (non-hydrogen) atoms. The Morgan fingerprint density at radius 3 is 2.47 bits per heavy atom. The van der Waals surface area contributed by atoms with Gasteiger partial charge in [-0.05, 0) is 25.5 Å². The van der Waals surface area contributed by atoms with Crippen LogP contribution in [0.4, 0.5) is 0 Å². The standard InChI is InChI=1S/C22H23ClN4O3/c1-15-21(16(2)27(26-15)13-12-23)22(29)25-24-20(28)14-30-19-11-7-6-10-18(19)17-8-4-3-5-9-17/h3-11H,12-14H2,1-2H3,(H,24,28)(H,25,29). The van der Waals surface area contributed by atoms with Crippen molar-refractivity contribution in [2.45, 2.75) is 20.4 Å². The number of benzene rings is 2. The smallest absolute Gasteiger partial charge is 0.276 e. The van der Waals surface area contributed by atoms with Crippen LogP contribution in [0.15, 0.2) is 54.6 Å². The number of hydrogen-bond acceptors (Lipinski definition) is 4. The molecule has 0 saturated carbocycles. The molecule has 2 N–H and O–H groups in total. The lowest BCUT2D eigenvalue weighted by Gasteiger charge is -2.12. The van der Waals surface area contributed by atoms with E-state index in [9.17, 15) is 9.59 Å². The van der Waals surface area contributed by atoms with E-state index in [-0.39, 0.29) is 6.61 Å². The van der Waals surface area contributed by atoms with Crippen molar-refractivity contribution in [2.75, 3.05) is 12.5 Å². The van der Waals surface area contributed by atoms with Crippen molar-refractivity contribution in [3.05, 3.63) is 71.5 Å². The lowest BCUT2D eigenvalue weighted by atomic mass is 10.1. The van der Waals surface area contributed by atoms with Gasteiger partial charge in [-0.15, -0.1) is 11.6 Å². The Balaban J connectivity index is 1.58. The highest BCUT2D eigenvalue weighted by molar-refractivity contribution is 6.17. The van der Waals surface area contributed by atoms with Gasteiger partial charge < -0.3 is 4.74 Å². The summed E-state index contributed by atoms with van der Waals surface area (Å²) in [6.45, 7) is 3.78. The fraction of sp³-hybridized carbons (Fsp3) is 0.227. The number of alkyl halides is 1. The Morgan fingerprint density at radius 1 is 1.03 bits per heavy atom. The molecule has 0 bridgehead atoms. The minimum Gasteiger partial charge on any atom is -0.483 e. The number of para-hydroxylation sites is 1. The molecule has 2 aromatic carbocycles. The number of nitrogens with zero attached hydrogens (tertiary/aromatic N) is 2. The van der Waals surface area contributed by atoms with Crippen molar-refractivity contribution in [1.82, 2.24) is 20.6 Å². The van der Waals surface area contributed by atoms with E-state index in [1.807, 2.05) is 48.5 Å². The first-order chi connectivity index (χ1) is 14.5. The Kier molecular flexibility index (Phi) is 7.08. The second kappa shape index (κ2) is 9.93. The maximum Gasteiger partial charge on any atom is 0.276 e. The van der Waals surface area contributed by atoms with Crippen molar-refractivity contribution in [1.29, 1.82) is 0 Å². The van der Waals surface area contributed by atoms with E-state index in [0.717, 1.165) is 11.1 Å². The first-order valence-electron chi connectivity index (χ1n) is 9.47. The topological polar surface area (TPSA) is 85.3 Å². The van der Waals surface area contributed by atoms with Gasteiger partial charge in [-0.1, -0.05) is 48.5 Å². The van der Waals surface area contributed by atoms with Crippen molar-refractivity contribution in [3.63, 3.8) is 0 Å². The molecular formula is C22H23ClN4O3. The number of aryl methyl sites for hydroxylation is 2. The van der Waals surface area contributed by atoms with Crippen LogP contribution in [-0.2, 0) is 11.3 Å². The molecule has 0 atom stereocenters. The maximum atomic E-state index is 12.5. The predicted octanol–water partition coefficient (Wildman–Crippen LogP) is 3.25. The van der Waals surface area contributed by atoms with Crippen LogP contribution in [0.5, 0.6) is 5.75 Å². The highest BCUT2D eigenvalue weighted by Crippen LogP contribution is 2.29. The zero-order chi connectivity index (χ0) is 21.5.